The molecule has 1 atom stereocenters. The molecule has 2 rings (SSSR count). The summed E-state index contributed by atoms with van der Waals surface area (Å²) in [6, 6.07) is 15.3. The van der Waals surface area contributed by atoms with Crippen molar-refractivity contribution in [3.63, 3.8) is 0 Å². The first-order valence-electron chi connectivity index (χ1n) is 8.40. The lowest BCUT2D eigenvalue weighted by molar-refractivity contribution is -0.119. The minimum atomic E-state index is -0.807. The van der Waals surface area contributed by atoms with Gasteiger partial charge in [0.05, 0.1) is 11.6 Å². The Hall–Kier alpha value is -3.13. The molecule has 26 heavy (non-hydrogen) atoms. The molecule has 0 bridgehead atoms. The van der Waals surface area contributed by atoms with E-state index in [0.29, 0.717) is 17.5 Å². The quantitative estimate of drug-likeness (QED) is 0.868. The molecule has 0 aliphatic rings. The molecule has 5 heteroatoms. The topological polar surface area (TPSA) is 96.0 Å². The summed E-state index contributed by atoms with van der Waals surface area (Å²) in [6.45, 7) is 6.39. The molecule has 0 aliphatic heterocycles. The van der Waals surface area contributed by atoms with Gasteiger partial charge in [0.1, 0.15) is 6.04 Å². The smallest absolute Gasteiger partial charge is 0.251 e. The number of nitrogens with two attached hydrogens (primary N) is 1. The molecule has 134 valence electrons. The predicted molar refractivity (Wildman–Crippen MR) is 100 cm³/mol. The number of amides is 2. The van der Waals surface area contributed by atoms with E-state index in [1.54, 1.807) is 24.3 Å². The predicted octanol–water partition coefficient (Wildman–Crippen LogP) is 2.68. The van der Waals surface area contributed by atoms with Gasteiger partial charge in [0, 0.05) is 12.0 Å². The van der Waals surface area contributed by atoms with Crippen molar-refractivity contribution in [2.24, 2.45) is 5.73 Å². The van der Waals surface area contributed by atoms with Gasteiger partial charge in [-0.25, -0.2) is 0 Å². The third-order valence-electron chi connectivity index (χ3n) is 4.18. The van der Waals surface area contributed by atoms with Gasteiger partial charge in [-0.05, 0) is 40.8 Å². The third kappa shape index (κ3) is 4.93. The molecule has 0 saturated heterocycles. The van der Waals surface area contributed by atoms with Crippen LogP contribution >= 0.6 is 0 Å². The normalized spacial score (nSPS) is 12.1. The molecule has 2 aromatic rings. The van der Waals surface area contributed by atoms with Crippen LogP contribution < -0.4 is 11.1 Å². The zero-order valence-electron chi connectivity index (χ0n) is 15.2. The number of nitriles is 1. The zero-order valence-corrected chi connectivity index (χ0v) is 15.2. The minimum absolute atomic E-state index is 0.0470. The molecule has 0 aliphatic carbocycles. The van der Waals surface area contributed by atoms with Crippen molar-refractivity contribution in [2.75, 3.05) is 0 Å². The maximum Gasteiger partial charge on any atom is 0.251 e. The highest BCUT2D eigenvalue weighted by Gasteiger charge is 2.20. The van der Waals surface area contributed by atoms with E-state index in [4.69, 9.17) is 11.0 Å². The summed E-state index contributed by atoms with van der Waals surface area (Å²) in [5.74, 6) is -0.989. The average molecular weight is 349 g/mol. The number of carbonyl (C=O) groups is 2. The Labute approximate surface area is 153 Å². The van der Waals surface area contributed by atoms with Crippen LogP contribution in [0.15, 0.2) is 48.5 Å². The number of carbonyl (C=O) groups excluding carboxylic acids is 2. The molecule has 0 aromatic heterocycles. The standard InChI is InChI=1S/C21H23N3O2/c1-21(2,3)17-10-6-14(7-11-17)12-18(19(23)25)24-20(26)16-8-4-15(13-22)5-9-16/h4-11,18H,12H2,1-3H3,(H2,23,25)(H,24,26)/t18-/m0/s1. The Balaban J connectivity index is 2.10. The maximum atomic E-state index is 12.3. The second-order valence-corrected chi connectivity index (χ2v) is 7.27. The van der Waals surface area contributed by atoms with Gasteiger partial charge in [0.15, 0.2) is 0 Å². The highest BCUT2D eigenvalue weighted by atomic mass is 16.2. The first-order valence-corrected chi connectivity index (χ1v) is 8.40. The van der Waals surface area contributed by atoms with Gasteiger partial charge in [-0.2, -0.15) is 5.26 Å². The number of benzene rings is 2. The van der Waals surface area contributed by atoms with Crippen LogP contribution in [0.4, 0.5) is 0 Å². The van der Waals surface area contributed by atoms with E-state index >= 15 is 0 Å². The van der Waals surface area contributed by atoms with Gasteiger partial charge in [0.2, 0.25) is 5.91 Å². The van der Waals surface area contributed by atoms with E-state index in [-0.39, 0.29) is 5.41 Å². The molecule has 3 N–H and O–H groups in total. The van der Waals surface area contributed by atoms with Crippen molar-refractivity contribution in [1.29, 1.82) is 5.26 Å². The molecule has 2 aromatic carbocycles. The summed E-state index contributed by atoms with van der Waals surface area (Å²) < 4.78 is 0. The van der Waals surface area contributed by atoms with Crippen LogP contribution in [-0.2, 0) is 16.6 Å². The van der Waals surface area contributed by atoms with E-state index < -0.39 is 17.9 Å². The summed E-state index contributed by atoms with van der Waals surface area (Å²) in [4.78, 5) is 24.1. The van der Waals surface area contributed by atoms with Crippen molar-refractivity contribution >= 4 is 11.8 Å². The lowest BCUT2D eigenvalue weighted by atomic mass is 9.86. The molecule has 0 radical (unpaired) electrons. The first kappa shape index (κ1) is 19.2. The van der Waals surface area contributed by atoms with E-state index in [1.165, 1.54) is 5.56 Å². The van der Waals surface area contributed by atoms with E-state index in [9.17, 15) is 9.59 Å². The molecule has 0 saturated carbocycles. The Kier molecular flexibility index (Phi) is 5.78. The highest BCUT2D eigenvalue weighted by Crippen LogP contribution is 2.22. The summed E-state index contributed by atoms with van der Waals surface area (Å²) >= 11 is 0. The minimum Gasteiger partial charge on any atom is -0.368 e. The highest BCUT2D eigenvalue weighted by molar-refractivity contribution is 5.97. The van der Waals surface area contributed by atoms with Crippen molar-refractivity contribution in [3.8, 4) is 6.07 Å². The Morgan fingerprint density at radius 2 is 1.65 bits per heavy atom. The molecule has 2 amide bonds. The molecular weight excluding hydrogens is 326 g/mol. The second-order valence-electron chi connectivity index (χ2n) is 7.27. The number of rotatable bonds is 5. The molecule has 0 fully saturated rings. The van der Waals surface area contributed by atoms with Gasteiger partial charge in [-0.1, -0.05) is 45.0 Å². The fraction of sp³-hybridized carbons (Fsp3) is 0.286. The fourth-order valence-corrected chi connectivity index (χ4v) is 2.54. The number of hydrogen-bond donors (Lipinski definition) is 2. The lowest BCUT2D eigenvalue weighted by Crippen LogP contribution is -2.45. The van der Waals surface area contributed by atoms with E-state index in [1.807, 2.05) is 30.3 Å². The maximum absolute atomic E-state index is 12.3. The van der Waals surface area contributed by atoms with Crippen LogP contribution in [0.1, 0.15) is 47.8 Å². The summed E-state index contributed by atoms with van der Waals surface area (Å²) in [6.07, 6.45) is 0.321. The molecule has 0 heterocycles. The van der Waals surface area contributed by atoms with Crippen LogP contribution in [0.25, 0.3) is 0 Å². The third-order valence-corrected chi connectivity index (χ3v) is 4.18. The number of hydrogen-bond acceptors (Lipinski definition) is 3. The van der Waals surface area contributed by atoms with Crippen molar-refractivity contribution in [1.82, 2.24) is 5.32 Å². The molecule has 0 unspecified atom stereocenters. The Morgan fingerprint density at radius 3 is 2.12 bits per heavy atom. The fourth-order valence-electron chi connectivity index (χ4n) is 2.54. The van der Waals surface area contributed by atoms with Gasteiger partial charge in [0.25, 0.3) is 5.91 Å². The SMILES string of the molecule is CC(C)(C)c1ccc(C[C@H](NC(=O)c2ccc(C#N)cc2)C(N)=O)cc1. The molecule has 5 nitrogen and oxygen atoms in total. The molecule has 0 spiro atoms. The van der Waals surface area contributed by atoms with Crippen LogP contribution in [0.5, 0.6) is 0 Å². The van der Waals surface area contributed by atoms with Gasteiger partial charge in [-0.3, -0.25) is 9.59 Å². The van der Waals surface area contributed by atoms with Crippen molar-refractivity contribution < 1.29 is 9.59 Å². The second kappa shape index (κ2) is 7.83. The molecular formula is C21H23N3O2. The summed E-state index contributed by atoms with van der Waals surface area (Å²) in [7, 11) is 0. The van der Waals surface area contributed by atoms with Crippen LogP contribution in [-0.4, -0.2) is 17.9 Å². The number of nitrogens with one attached hydrogen (secondary N) is 1. The van der Waals surface area contributed by atoms with Crippen LogP contribution in [0.3, 0.4) is 0 Å². The van der Waals surface area contributed by atoms with E-state index in [0.717, 1.165) is 5.56 Å². The number of nitrogens with zero attached hydrogens (tertiary/aromatic N) is 1. The monoisotopic (exact) mass is 349 g/mol. The van der Waals surface area contributed by atoms with E-state index in [2.05, 4.69) is 26.1 Å². The zero-order chi connectivity index (χ0) is 19.3. The van der Waals surface area contributed by atoms with Crippen LogP contribution in [0.2, 0.25) is 0 Å². The van der Waals surface area contributed by atoms with Crippen molar-refractivity contribution in [3.05, 3.63) is 70.8 Å². The summed E-state index contributed by atoms with van der Waals surface area (Å²) in [5.41, 5.74) is 8.46. The lowest BCUT2D eigenvalue weighted by Gasteiger charge is -2.20. The average Bonchev–Trinajstić information content (AvgIpc) is 2.60. The summed E-state index contributed by atoms with van der Waals surface area (Å²) in [5, 5.41) is 11.5. The Bertz CT molecular complexity index is 826. The first-order chi connectivity index (χ1) is 12.2. The van der Waals surface area contributed by atoms with Gasteiger partial charge in [-0.15, -0.1) is 0 Å². The number of primary amides is 1. The van der Waals surface area contributed by atoms with Crippen LogP contribution in [0, 0.1) is 11.3 Å². The van der Waals surface area contributed by atoms with Gasteiger partial charge < -0.3 is 11.1 Å². The largest absolute Gasteiger partial charge is 0.368 e. The Morgan fingerprint density at radius 1 is 1.08 bits per heavy atom. The van der Waals surface area contributed by atoms with Crippen molar-refractivity contribution in [2.45, 2.75) is 38.6 Å². The van der Waals surface area contributed by atoms with Gasteiger partial charge >= 0.3 is 0 Å².